The van der Waals surface area contributed by atoms with E-state index in [0.29, 0.717) is 44.2 Å². The predicted octanol–water partition coefficient (Wildman–Crippen LogP) is 2.85. The minimum atomic E-state index is -3.37. The largest absolute Gasteiger partial charge is 0.490 e. The Bertz CT molecular complexity index is 969. The van der Waals surface area contributed by atoms with Crippen molar-refractivity contribution in [1.82, 2.24) is 10.2 Å². The van der Waals surface area contributed by atoms with Gasteiger partial charge in [-0.05, 0) is 55.2 Å². The minimum Gasteiger partial charge on any atom is -0.490 e. The number of imide groups is 1. The molecule has 2 aliphatic rings. The van der Waals surface area contributed by atoms with Crippen LogP contribution < -0.4 is 10.1 Å². The number of rotatable bonds is 12. The highest BCUT2D eigenvalue weighted by Gasteiger charge is 2.26. The lowest BCUT2D eigenvalue weighted by Gasteiger charge is -2.15. The molecular formula is C21H29FN2O5S. The van der Waals surface area contributed by atoms with E-state index in [1.807, 2.05) is 0 Å². The lowest BCUT2D eigenvalue weighted by molar-refractivity contribution is -0.118. The number of sulfone groups is 1. The van der Waals surface area contributed by atoms with Gasteiger partial charge in [0.15, 0.2) is 21.4 Å². The molecule has 30 heavy (non-hydrogen) atoms. The number of amides is 3. The van der Waals surface area contributed by atoms with E-state index in [-0.39, 0.29) is 35.6 Å². The molecule has 2 fully saturated rings. The van der Waals surface area contributed by atoms with Gasteiger partial charge in [-0.15, -0.1) is 0 Å². The summed E-state index contributed by atoms with van der Waals surface area (Å²) < 4.78 is 60.3. The molecule has 1 N–H and O–H groups in total. The number of halogens is 1. The van der Waals surface area contributed by atoms with Crippen molar-refractivity contribution in [1.29, 1.82) is 0 Å². The third kappa shape index (κ3) is 6.68. The molecule has 1 aliphatic carbocycles. The van der Waals surface area contributed by atoms with Crippen LogP contribution in [0, 0.1) is 11.7 Å². The summed E-state index contributed by atoms with van der Waals surface area (Å²) >= 11 is 0. The van der Waals surface area contributed by atoms with Gasteiger partial charge >= 0.3 is 6.03 Å². The van der Waals surface area contributed by atoms with Crippen LogP contribution in [-0.4, -0.2) is 56.4 Å². The number of carbonyl (C=O) groups excluding carboxylic acids is 2. The van der Waals surface area contributed by atoms with Crippen molar-refractivity contribution in [3.8, 4) is 5.75 Å². The maximum Gasteiger partial charge on any atom is 0.324 e. The zero-order valence-electron chi connectivity index (χ0n) is 19.0. The average molecular weight is 443 g/mol. The number of nitrogens with zero attached hydrogens (tertiary/aromatic N) is 1. The first-order chi connectivity index (χ1) is 15.0. The van der Waals surface area contributed by atoms with Crippen molar-refractivity contribution in [3.05, 3.63) is 29.6 Å². The monoisotopic (exact) mass is 442 g/mol. The molecule has 1 atom stereocenters. The van der Waals surface area contributed by atoms with Gasteiger partial charge in [-0.1, -0.05) is 19.4 Å². The first kappa shape index (κ1) is 19.8. The fourth-order valence-electron chi connectivity index (χ4n) is 3.28. The Hall–Kier alpha value is -2.16. The molecule has 7 nitrogen and oxygen atoms in total. The Kier molecular flexibility index (Phi) is 6.44. The number of nitrogens with one attached hydrogen (secondary N) is 1. The van der Waals surface area contributed by atoms with Crippen molar-refractivity contribution >= 4 is 21.8 Å². The highest BCUT2D eigenvalue weighted by atomic mass is 32.2. The summed E-state index contributed by atoms with van der Waals surface area (Å²) in [4.78, 5) is 24.0. The first-order valence-electron chi connectivity index (χ1n) is 11.2. The second-order valence-corrected chi connectivity index (χ2v) is 10.3. The van der Waals surface area contributed by atoms with Crippen LogP contribution >= 0.6 is 0 Å². The molecular weight excluding hydrogens is 411 g/mol. The Balaban J connectivity index is 1.47. The van der Waals surface area contributed by atoms with Crippen LogP contribution in [0.2, 0.25) is 0 Å². The van der Waals surface area contributed by atoms with E-state index in [4.69, 9.17) is 7.48 Å². The Morgan fingerprint density at radius 2 is 2.07 bits per heavy atom. The second kappa shape index (κ2) is 9.76. The number of unbranched alkanes of at least 4 members (excludes halogenated alkanes) is 2. The third-order valence-electron chi connectivity index (χ3n) is 5.19. The maximum atomic E-state index is 14.1. The molecule has 1 heterocycles. The minimum absolute atomic E-state index is 0.00273. The van der Waals surface area contributed by atoms with Gasteiger partial charge in [0.25, 0.3) is 0 Å². The molecule has 1 saturated carbocycles. The average Bonchev–Trinajstić information content (AvgIpc) is 3.49. The van der Waals surface area contributed by atoms with E-state index in [1.165, 1.54) is 23.1 Å². The van der Waals surface area contributed by atoms with Crippen LogP contribution in [0.5, 0.6) is 5.75 Å². The van der Waals surface area contributed by atoms with Crippen LogP contribution in [0.3, 0.4) is 0 Å². The Morgan fingerprint density at radius 1 is 1.30 bits per heavy atom. The smallest absolute Gasteiger partial charge is 0.324 e. The third-order valence-corrected chi connectivity index (χ3v) is 7.11. The van der Waals surface area contributed by atoms with Gasteiger partial charge in [-0.3, -0.25) is 10.1 Å². The summed E-state index contributed by atoms with van der Waals surface area (Å²) in [5, 5.41) is 2.20. The summed E-state index contributed by atoms with van der Waals surface area (Å²) in [6.07, 6.45) is 3.06. The van der Waals surface area contributed by atoms with Crippen LogP contribution in [0.25, 0.3) is 0 Å². The first-order valence-corrected chi connectivity index (χ1v) is 12.1. The molecule has 9 heteroatoms. The number of carbonyl (C=O) groups is 2. The Morgan fingerprint density at radius 3 is 2.73 bits per heavy atom. The lowest BCUT2D eigenvalue weighted by Crippen LogP contribution is -2.29. The summed E-state index contributed by atoms with van der Waals surface area (Å²) in [7, 11) is -3.37. The van der Waals surface area contributed by atoms with Crippen molar-refractivity contribution in [2.45, 2.75) is 44.9 Å². The number of ether oxygens (including phenoxy) is 1. The SMILES string of the molecule is [2H]C([2H])(Oc1cc([C@@H](C)CS(=O)(=O)CCCCCN2CC(=O)NC2=O)ccc1F)C1CC1. The van der Waals surface area contributed by atoms with Crippen molar-refractivity contribution in [3.63, 3.8) is 0 Å². The van der Waals surface area contributed by atoms with Gasteiger partial charge in [-0.2, -0.15) is 0 Å². The van der Waals surface area contributed by atoms with E-state index in [0.717, 1.165) is 0 Å². The van der Waals surface area contributed by atoms with Crippen LogP contribution in [0.15, 0.2) is 18.2 Å². The van der Waals surface area contributed by atoms with Gasteiger partial charge in [0, 0.05) is 6.54 Å². The van der Waals surface area contributed by atoms with Crippen molar-refractivity contribution < 1.29 is 29.9 Å². The quantitative estimate of drug-likeness (QED) is 0.397. The molecule has 3 amide bonds. The lowest BCUT2D eigenvalue weighted by atomic mass is 10.0. The number of benzene rings is 1. The second-order valence-electron chi connectivity index (χ2n) is 8.03. The van der Waals surface area contributed by atoms with E-state index in [9.17, 15) is 22.4 Å². The van der Waals surface area contributed by atoms with E-state index >= 15 is 0 Å². The summed E-state index contributed by atoms with van der Waals surface area (Å²) in [6, 6.07) is 3.65. The maximum absolute atomic E-state index is 14.1. The zero-order valence-corrected chi connectivity index (χ0v) is 17.8. The normalized spacial score (nSPS) is 19.3. The van der Waals surface area contributed by atoms with Gasteiger partial charge in [0.05, 0.1) is 20.8 Å². The summed E-state index contributed by atoms with van der Waals surface area (Å²) in [5.41, 5.74) is 0.571. The molecule has 0 aromatic heterocycles. The van der Waals surface area contributed by atoms with E-state index in [2.05, 4.69) is 5.32 Å². The van der Waals surface area contributed by atoms with Crippen LogP contribution in [-0.2, 0) is 14.6 Å². The Labute approximate surface area is 179 Å². The fraction of sp³-hybridized carbons (Fsp3) is 0.619. The molecule has 0 spiro atoms. The van der Waals surface area contributed by atoms with Gasteiger partial charge in [0.1, 0.15) is 6.54 Å². The van der Waals surface area contributed by atoms with Crippen molar-refractivity contribution in [2.75, 3.05) is 31.2 Å². The predicted molar refractivity (Wildman–Crippen MR) is 111 cm³/mol. The van der Waals surface area contributed by atoms with E-state index < -0.39 is 34.2 Å². The highest BCUT2D eigenvalue weighted by Crippen LogP contribution is 2.31. The molecule has 1 aromatic rings. The molecule has 0 radical (unpaired) electrons. The molecule has 1 aliphatic heterocycles. The number of hydrogen-bond acceptors (Lipinski definition) is 5. The van der Waals surface area contributed by atoms with Crippen molar-refractivity contribution in [2.24, 2.45) is 5.92 Å². The van der Waals surface area contributed by atoms with E-state index in [1.54, 1.807) is 6.92 Å². The van der Waals surface area contributed by atoms with Crippen LogP contribution in [0.1, 0.15) is 53.3 Å². The highest BCUT2D eigenvalue weighted by molar-refractivity contribution is 7.91. The molecule has 3 rings (SSSR count). The molecule has 0 bridgehead atoms. The summed E-state index contributed by atoms with van der Waals surface area (Å²) in [5.74, 6) is -1.98. The number of hydrogen-bond donors (Lipinski definition) is 1. The topological polar surface area (TPSA) is 92.8 Å². The zero-order chi connectivity index (χ0) is 23.5. The van der Waals surface area contributed by atoms with Crippen LogP contribution in [0.4, 0.5) is 9.18 Å². The number of urea groups is 1. The molecule has 1 saturated heterocycles. The summed E-state index contributed by atoms with van der Waals surface area (Å²) in [6.45, 7) is 0.228. The van der Waals surface area contributed by atoms with Gasteiger partial charge in [-0.25, -0.2) is 17.6 Å². The molecule has 166 valence electrons. The fourth-order valence-corrected chi connectivity index (χ4v) is 5.04. The van der Waals surface area contributed by atoms with Gasteiger partial charge in [0.2, 0.25) is 5.91 Å². The molecule has 1 aromatic carbocycles. The standard InChI is InChI=1S/C21H29FN2O5S/c1-15(17-7-8-18(22)19(11-17)29-13-16-5-6-16)14-30(27,28)10-4-2-3-9-24-12-20(25)23-21(24)26/h7-8,11,15-16H,2-6,9-10,12-14H2,1H3,(H,23,25,26)/t15-/m0/s1/i13D2. The molecule has 0 unspecified atom stereocenters. The van der Waals surface area contributed by atoms with Gasteiger partial charge < -0.3 is 9.64 Å².